The monoisotopic (exact) mass is 218 g/mol. The van der Waals surface area contributed by atoms with E-state index in [0.717, 1.165) is 5.56 Å². The van der Waals surface area contributed by atoms with Gasteiger partial charge in [0.15, 0.2) is 0 Å². The van der Waals surface area contributed by atoms with Crippen molar-refractivity contribution in [3.8, 4) is 0 Å². The molecule has 14 heavy (non-hydrogen) atoms. The Morgan fingerprint density at radius 2 is 1.71 bits per heavy atom. The molecule has 1 aromatic carbocycles. The summed E-state index contributed by atoms with van der Waals surface area (Å²) in [6, 6.07) is 6.57. The van der Waals surface area contributed by atoms with E-state index in [2.05, 4.69) is 0 Å². The summed E-state index contributed by atoms with van der Waals surface area (Å²) in [5.41, 5.74) is 1.36. The number of methoxy groups -OCH3 is 1. The highest BCUT2D eigenvalue weighted by Gasteiger charge is 2.08. The van der Waals surface area contributed by atoms with Gasteiger partial charge in [0, 0.05) is 7.11 Å². The van der Waals surface area contributed by atoms with Gasteiger partial charge in [0.1, 0.15) is 5.75 Å². The van der Waals surface area contributed by atoms with E-state index in [4.69, 9.17) is 4.74 Å². The van der Waals surface area contributed by atoms with E-state index in [9.17, 15) is 12.3 Å². The first-order valence-electron chi connectivity index (χ1n) is 4.00. The Morgan fingerprint density at radius 3 is 2.14 bits per heavy atom. The van der Waals surface area contributed by atoms with Crippen LogP contribution < -0.4 is 0 Å². The summed E-state index contributed by atoms with van der Waals surface area (Å²) >= 11 is 0. The number of benzene rings is 1. The van der Waals surface area contributed by atoms with Crippen molar-refractivity contribution in [1.82, 2.24) is 0 Å². The quantitative estimate of drug-likeness (QED) is 0.721. The zero-order valence-corrected chi connectivity index (χ0v) is 8.55. The number of hydrogen-bond acceptors (Lipinski definition) is 3. The molecule has 3 nitrogen and oxygen atoms in total. The summed E-state index contributed by atoms with van der Waals surface area (Å²) in [6.07, 6.45) is 0. The van der Waals surface area contributed by atoms with Crippen LogP contribution in [0.2, 0.25) is 0 Å². The lowest BCUT2D eigenvalue weighted by Gasteiger charge is -2.01. The Balaban J connectivity index is 2.74. The van der Waals surface area contributed by atoms with Crippen molar-refractivity contribution in [2.24, 2.45) is 0 Å². The molecule has 0 aliphatic rings. The van der Waals surface area contributed by atoms with E-state index in [1.54, 1.807) is 31.4 Å². The summed E-state index contributed by atoms with van der Waals surface area (Å²) in [7, 11) is -2.86. The van der Waals surface area contributed by atoms with E-state index in [1.165, 1.54) is 0 Å². The number of hydrogen-bond donors (Lipinski definition) is 0. The van der Waals surface area contributed by atoms with Crippen molar-refractivity contribution >= 4 is 10.2 Å². The fourth-order valence-corrected chi connectivity index (χ4v) is 1.69. The Kier molecular flexibility index (Phi) is 3.60. The van der Waals surface area contributed by atoms with Crippen LogP contribution in [0.5, 0.6) is 0 Å². The second-order valence-electron chi connectivity index (χ2n) is 2.93. The normalized spacial score (nSPS) is 11.6. The predicted octanol–water partition coefficient (Wildman–Crippen LogP) is 1.63. The van der Waals surface area contributed by atoms with Crippen LogP contribution >= 0.6 is 0 Å². The van der Waals surface area contributed by atoms with Crippen molar-refractivity contribution < 1.29 is 17.0 Å². The molecule has 0 atom stereocenters. The van der Waals surface area contributed by atoms with Gasteiger partial charge in [0.05, 0.1) is 6.61 Å². The lowest BCUT2D eigenvalue weighted by Crippen LogP contribution is -1.96. The summed E-state index contributed by atoms with van der Waals surface area (Å²) in [5.74, 6) is -0.569. The van der Waals surface area contributed by atoms with Crippen molar-refractivity contribution in [3.05, 3.63) is 35.4 Å². The second-order valence-corrected chi connectivity index (χ2v) is 4.30. The largest absolute Gasteiger partial charge is 0.380 e. The number of ether oxygens (including phenoxy) is 1. The highest BCUT2D eigenvalue weighted by Crippen LogP contribution is 2.09. The van der Waals surface area contributed by atoms with Gasteiger partial charge in [-0.1, -0.05) is 24.3 Å². The lowest BCUT2D eigenvalue weighted by molar-refractivity contribution is 0.185. The van der Waals surface area contributed by atoms with Gasteiger partial charge in [-0.2, -0.15) is 8.42 Å². The minimum absolute atomic E-state index is 0.437. The minimum Gasteiger partial charge on any atom is -0.380 e. The van der Waals surface area contributed by atoms with E-state index < -0.39 is 16.0 Å². The maximum Gasteiger partial charge on any atom is 0.306 e. The highest BCUT2D eigenvalue weighted by molar-refractivity contribution is 7.85. The zero-order valence-electron chi connectivity index (χ0n) is 7.73. The minimum atomic E-state index is -4.43. The lowest BCUT2D eigenvalue weighted by atomic mass is 10.2. The van der Waals surface area contributed by atoms with E-state index in [1.807, 2.05) is 0 Å². The molecule has 1 rings (SSSR count). The molecule has 0 N–H and O–H groups in total. The SMILES string of the molecule is COCc1ccc(CS(=O)(=O)F)cc1. The van der Waals surface area contributed by atoms with Crippen molar-refractivity contribution in [1.29, 1.82) is 0 Å². The number of rotatable bonds is 4. The van der Waals surface area contributed by atoms with Gasteiger partial charge in [-0.3, -0.25) is 0 Å². The summed E-state index contributed by atoms with van der Waals surface area (Å²) < 4.78 is 37.8. The van der Waals surface area contributed by atoms with Gasteiger partial charge in [0.25, 0.3) is 0 Å². The van der Waals surface area contributed by atoms with Crippen LogP contribution in [0.4, 0.5) is 3.89 Å². The topological polar surface area (TPSA) is 43.4 Å². The molecular weight excluding hydrogens is 207 g/mol. The molecule has 0 bridgehead atoms. The van der Waals surface area contributed by atoms with Gasteiger partial charge < -0.3 is 4.74 Å². The molecular formula is C9H11FO3S. The van der Waals surface area contributed by atoms with Crippen molar-refractivity contribution in [2.75, 3.05) is 7.11 Å². The van der Waals surface area contributed by atoms with Crippen LogP contribution in [0.1, 0.15) is 11.1 Å². The first-order valence-corrected chi connectivity index (χ1v) is 5.55. The Morgan fingerprint density at radius 1 is 1.21 bits per heavy atom. The summed E-state index contributed by atoms with van der Waals surface area (Å²) in [5, 5.41) is 0. The molecule has 0 spiro atoms. The third kappa shape index (κ3) is 3.85. The Labute approximate surface area is 82.7 Å². The van der Waals surface area contributed by atoms with Crippen molar-refractivity contribution in [3.63, 3.8) is 0 Å². The van der Waals surface area contributed by atoms with Gasteiger partial charge in [0.2, 0.25) is 0 Å². The maximum absolute atomic E-state index is 12.3. The summed E-state index contributed by atoms with van der Waals surface area (Å²) in [4.78, 5) is 0. The van der Waals surface area contributed by atoms with Crippen LogP contribution in [0.3, 0.4) is 0 Å². The van der Waals surface area contributed by atoms with Gasteiger partial charge in [-0.25, -0.2) is 0 Å². The molecule has 0 aliphatic carbocycles. The molecule has 5 heteroatoms. The van der Waals surface area contributed by atoms with E-state index in [0.29, 0.717) is 12.2 Å². The standard InChI is InChI=1S/C9H11FO3S/c1-13-6-8-2-4-9(5-3-8)7-14(10,11)12/h2-5H,6-7H2,1H3. The third-order valence-electron chi connectivity index (χ3n) is 1.67. The zero-order chi connectivity index (χ0) is 10.6. The van der Waals surface area contributed by atoms with Crippen LogP contribution in [0.25, 0.3) is 0 Å². The Bertz CT molecular complexity index is 383. The molecule has 0 aliphatic heterocycles. The van der Waals surface area contributed by atoms with Crippen LogP contribution in [-0.4, -0.2) is 15.5 Å². The average molecular weight is 218 g/mol. The Hall–Kier alpha value is -0.940. The van der Waals surface area contributed by atoms with Gasteiger partial charge in [-0.05, 0) is 11.1 Å². The van der Waals surface area contributed by atoms with Crippen LogP contribution in [0.15, 0.2) is 24.3 Å². The highest BCUT2D eigenvalue weighted by atomic mass is 32.3. The molecule has 0 aromatic heterocycles. The molecule has 0 saturated heterocycles. The first-order chi connectivity index (χ1) is 6.51. The summed E-state index contributed by atoms with van der Waals surface area (Å²) in [6.45, 7) is 0.461. The number of halogens is 1. The first kappa shape index (κ1) is 11.1. The average Bonchev–Trinajstić information content (AvgIpc) is 2.06. The van der Waals surface area contributed by atoms with E-state index >= 15 is 0 Å². The fraction of sp³-hybridized carbons (Fsp3) is 0.333. The van der Waals surface area contributed by atoms with Crippen LogP contribution in [-0.2, 0) is 27.3 Å². The molecule has 0 fully saturated rings. The molecule has 1 aromatic rings. The molecule has 0 heterocycles. The maximum atomic E-state index is 12.3. The molecule has 0 radical (unpaired) electrons. The van der Waals surface area contributed by atoms with Gasteiger partial charge >= 0.3 is 10.2 Å². The fourth-order valence-electron chi connectivity index (χ4n) is 1.10. The molecule has 0 saturated carbocycles. The predicted molar refractivity (Wildman–Crippen MR) is 50.9 cm³/mol. The van der Waals surface area contributed by atoms with Crippen LogP contribution in [0, 0.1) is 0 Å². The second kappa shape index (κ2) is 4.52. The molecule has 78 valence electrons. The van der Waals surface area contributed by atoms with Crippen molar-refractivity contribution in [2.45, 2.75) is 12.4 Å². The third-order valence-corrected chi connectivity index (χ3v) is 2.35. The molecule has 0 unspecified atom stereocenters. The molecule has 0 amide bonds. The van der Waals surface area contributed by atoms with E-state index in [-0.39, 0.29) is 0 Å². The smallest absolute Gasteiger partial charge is 0.306 e. The van der Waals surface area contributed by atoms with Gasteiger partial charge in [-0.15, -0.1) is 3.89 Å².